The van der Waals surface area contributed by atoms with Crippen molar-refractivity contribution < 1.29 is 17.9 Å². The SMILES string of the molecule is CCCCCCCCC1CCN(c2ccc(OC/C=C/C(F)(F)F)cc2)CC1. The number of benzene rings is 1. The minimum atomic E-state index is -4.28. The first-order chi connectivity index (χ1) is 13.5. The quantitative estimate of drug-likeness (QED) is 0.290. The fourth-order valence-electron chi connectivity index (χ4n) is 3.77. The van der Waals surface area contributed by atoms with E-state index in [9.17, 15) is 13.2 Å². The van der Waals surface area contributed by atoms with E-state index in [1.807, 2.05) is 24.3 Å². The Hall–Kier alpha value is -1.65. The van der Waals surface area contributed by atoms with Crippen LogP contribution in [0.4, 0.5) is 18.9 Å². The molecule has 0 N–H and O–H groups in total. The van der Waals surface area contributed by atoms with E-state index < -0.39 is 6.18 Å². The van der Waals surface area contributed by atoms with Gasteiger partial charge in [-0.1, -0.05) is 51.9 Å². The van der Waals surface area contributed by atoms with Gasteiger partial charge >= 0.3 is 6.18 Å². The highest BCUT2D eigenvalue weighted by atomic mass is 19.4. The Bertz CT molecular complexity index is 560. The Morgan fingerprint density at radius 1 is 1.00 bits per heavy atom. The summed E-state index contributed by atoms with van der Waals surface area (Å²) in [6.07, 6.45) is 8.94. The number of allylic oxidation sites excluding steroid dienone is 1. The Morgan fingerprint density at radius 3 is 2.29 bits per heavy atom. The van der Waals surface area contributed by atoms with Crippen LogP contribution in [0.15, 0.2) is 36.4 Å². The standard InChI is InChI=1S/C23H34F3NO/c1-2-3-4-5-6-7-9-20-14-17-27(18-15-20)21-10-12-22(13-11-21)28-19-8-16-23(24,25)26/h8,10-13,16,20H,2-7,9,14-15,17-19H2,1H3/b16-8+. The zero-order chi connectivity index (χ0) is 20.2. The number of piperidine rings is 1. The van der Waals surface area contributed by atoms with Crippen LogP contribution in [0.2, 0.25) is 0 Å². The van der Waals surface area contributed by atoms with Gasteiger partial charge in [0.05, 0.1) is 0 Å². The van der Waals surface area contributed by atoms with E-state index in [1.54, 1.807) is 0 Å². The fourth-order valence-corrected chi connectivity index (χ4v) is 3.77. The van der Waals surface area contributed by atoms with Crippen molar-refractivity contribution >= 4 is 5.69 Å². The second-order valence-electron chi connectivity index (χ2n) is 7.74. The Morgan fingerprint density at radius 2 is 1.64 bits per heavy atom. The number of ether oxygens (including phenoxy) is 1. The molecular formula is C23H34F3NO. The molecule has 0 atom stereocenters. The maximum atomic E-state index is 12.1. The maximum Gasteiger partial charge on any atom is 0.409 e. The number of rotatable bonds is 11. The largest absolute Gasteiger partial charge is 0.490 e. The molecule has 5 heteroatoms. The van der Waals surface area contributed by atoms with Crippen molar-refractivity contribution in [1.82, 2.24) is 0 Å². The van der Waals surface area contributed by atoms with E-state index in [1.165, 1.54) is 57.8 Å². The summed E-state index contributed by atoms with van der Waals surface area (Å²) in [5.41, 5.74) is 1.16. The zero-order valence-corrected chi connectivity index (χ0v) is 17.0. The van der Waals surface area contributed by atoms with Crippen LogP contribution >= 0.6 is 0 Å². The van der Waals surface area contributed by atoms with E-state index in [-0.39, 0.29) is 12.7 Å². The number of anilines is 1. The highest BCUT2D eigenvalue weighted by Gasteiger charge is 2.21. The third-order valence-corrected chi connectivity index (χ3v) is 5.44. The molecular weight excluding hydrogens is 363 g/mol. The molecule has 1 saturated heterocycles. The van der Waals surface area contributed by atoms with Gasteiger partial charge in [0.15, 0.2) is 0 Å². The summed E-state index contributed by atoms with van der Waals surface area (Å²) in [5.74, 6) is 1.44. The number of hydrogen-bond acceptors (Lipinski definition) is 2. The summed E-state index contributed by atoms with van der Waals surface area (Å²) in [6.45, 7) is 4.33. The molecule has 2 nitrogen and oxygen atoms in total. The van der Waals surface area contributed by atoms with Crippen molar-refractivity contribution in [3.63, 3.8) is 0 Å². The summed E-state index contributed by atoms with van der Waals surface area (Å²) in [7, 11) is 0. The van der Waals surface area contributed by atoms with E-state index in [0.717, 1.165) is 30.8 Å². The Labute approximate surface area is 167 Å². The predicted octanol–water partition coefficient (Wildman–Crippen LogP) is 7.15. The molecule has 158 valence electrons. The van der Waals surface area contributed by atoms with Crippen molar-refractivity contribution in [2.45, 2.75) is 70.9 Å². The number of halogens is 3. The number of hydrogen-bond donors (Lipinski definition) is 0. The maximum absolute atomic E-state index is 12.1. The van der Waals surface area contributed by atoms with Crippen molar-refractivity contribution in [3.05, 3.63) is 36.4 Å². The molecule has 1 aromatic rings. The minimum absolute atomic E-state index is 0.0807. The van der Waals surface area contributed by atoms with Crippen molar-refractivity contribution in [2.24, 2.45) is 5.92 Å². The lowest BCUT2D eigenvalue weighted by molar-refractivity contribution is -0.0801. The predicted molar refractivity (Wildman–Crippen MR) is 110 cm³/mol. The molecule has 1 aromatic carbocycles. The van der Waals surface area contributed by atoms with E-state index >= 15 is 0 Å². The Kier molecular flexibility index (Phi) is 9.72. The molecule has 0 amide bonds. The van der Waals surface area contributed by atoms with Gasteiger partial charge in [-0.3, -0.25) is 0 Å². The first kappa shape index (κ1) is 22.6. The van der Waals surface area contributed by atoms with Gasteiger partial charge in [0, 0.05) is 24.9 Å². The Balaban J connectivity index is 1.65. The fraction of sp³-hybridized carbons (Fsp3) is 0.652. The lowest BCUT2D eigenvalue weighted by Crippen LogP contribution is -2.33. The van der Waals surface area contributed by atoms with Crippen LogP contribution in [0.1, 0.15) is 64.7 Å². The number of nitrogens with zero attached hydrogens (tertiary/aromatic N) is 1. The van der Waals surface area contributed by atoms with Crippen LogP contribution in [0.3, 0.4) is 0 Å². The third kappa shape index (κ3) is 9.03. The molecule has 0 saturated carbocycles. The van der Waals surface area contributed by atoms with Crippen LogP contribution in [-0.4, -0.2) is 25.9 Å². The van der Waals surface area contributed by atoms with Crippen LogP contribution in [0.25, 0.3) is 0 Å². The highest BCUT2D eigenvalue weighted by molar-refractivity contribution is 5.49. The van der Waals surface area contributed by atoms with Crippen LogP contribution in [0.5, 0.6) is 5.75 Å². The molecule has 0 radical (unpaired) electrons. The minimum Gasteiger partial charge on any atom is -0.490 e. The highest BCUT2D eigenvalue weighted by Crippen LogP contribution is 2.28. The van der Waals surface area contributed by atoms with Gasteiger partial charge in [-0.15, -0.1) is 0 Å². The first-order valence-corrected chi connectivity index (χ1v) is 10.7. The smallest absolute Gasteiger partial charge is 0.409 e. The van der Waals surface area contributed by atoms with E-state index in [2.05, 4.69) is 11.8 Å². The van der Waals surface area contributed by atoms with Gasteiger partial charge in [-0.05, 0) is 49.1 Å². The lowest BCUT2D eigenvalue weighted by atomic mass is 9.91. The van der Waals surface area contributed by atoms with Gasteiger partial charge in [0.1, 0.15) is 12.4 Å². The molecule has 1 aliphatic heterocycles. The van der Waals surface area contributed by atoms with Gasteiger partial charge in [0.2, 0.25) is 0 Å². The number of unbranched alkanes of at least 4 members (excludes halogenated alkanes) is 5. The molecule has 1 aliphatic rings. The molecule has 2 rings (SSSR count). The van der Waals surface area contributed by atoms with Gasteiger partial charge in [-0.25, -0.2) is 0 Å². The normalized spacial score (nSPS) is 16.1. The van der Waals surface area contributed by atoms with Crippen LogP contribution in [0, 0.1) is 5.92 Å². The lowest BCUT2D eigenvalue weighted by Gasteiger charge is -2.33. The van der Waals surface area contributed by atoms with Crippen LogP contribution in [-0.2, 0) is 0 Å². The first-order valence-electron chi connectivity index (χ1n) is 10.7. The molecule has 0 unspecified atom stereocenters. The molecule has 0 aromatic heterocycles. The molecule has 0 aliphatic carbocycles. The molecule has 28 heavy (non-hydrogen) atoms. The van der Waals surface area contributed by atoms with Gasteiger partial charge in [0.25, 0.3) is 0 Å². The van der Waals surface area contributed by atoms with Gasteiger partial charge in [-0.2, -0.15) is 13.2 Å². The third-order valence-electron chi connectivity index (χ3n) is 5.44. The molecule has 0 spiro atoms. The zero-order valence-electron chi connectivity index (χ0n) is 17.0. The second-order valence-corrected chi connectivity index (χ2v) is 7.74. The molecule has 1 fully saturated rings. The van der Waals surface area contributed by atoms with Gasteiger partial charge < -0.3 is 9.64 Å². The average Bonchev–Trinajstić information content (AvgIpc) is 2.68. The summed E-state index contributed by atoms with van der Waals surface area (Å²) < 4.78 is 41.5. The van der Waals surface area contributed by atoms with Crippen molar-refractivity contribution in [1.29, 1.82) is 0 Å². The van der Waals surface area contributed by atoms with Crippen molar-refractivity contribution in [3.8, 4) is 5.75 Å². The van der Waals surface area contributed by atoms with E-state index in [0.29, 0.717) is 5.75 Å². The summed E-state index contributed by atoms with van der Waals surface area (Å²) in [5, 5.41) is 0. The van der Waals surface area contributed by atoms with E-state index in [4.69, 9.17) is 4.74 Å². The summed E-state index contributed by atoms with van der Waals surface area (Å²) in [4.78, 5) is 2.39. The monoisotopic (exact) mass is 397 g/mol. The van der Waals surface area contributed by atoms with Crippen molar-refractivity contribution in [2.75, 3.05) is 24.6 Å². The van der Waals surface area contributed by atoms with Crippen LogP contribution < -0.4 is 9.64 Å². The summed E-state index contributed by atoms with van der Waals surface area (Å²) >= 11 is 0. The number of alkyl halides is 3. The average molecular weight is 398 g/mol. The topological polar surface area (TPSA) is 12.5 Å². The molecule has 1 heterocycles. The summed E-state index contributed by atoms with van der Waals surface area (Å²) in [6, 6.07) is 7.66. The molecule has 0 bridgehead atoms. The second kappa shape index (κ2) is 12.0.